The molecule has 0 amide bonds. The highest BCUT2D eigenvalue weighted by Crippen LogP contribution is 2.43. The molecule has 0 saturated heterocycles. The van der Waals surface area contributed by atoms with Gasteiger partial charge in [-0.15, -0.1) is 12.4 Å². The number of fused-ring (bicyclic) bond motifs is 1. The monoisotopic (exact) mass is 367 g/mol. The van der Waals surface area contributed by atoms with Crippen molar-refractivity contribution in [2.75, 3.05) is 6.54 Å². The first-order valence-corrected chi connectivity index (χ1v) is 9.20. The number of nitrogens with one attached hydrogen (secondary N) is 1. The molecule has 0 radical (unpaired) electrons. The zero-order valence-electron chi connectivity index (χ0n) is 14.9. The average Bonchev–Trinajstić information content (AvgIpc) is 2.64. The van der Waals surface area contributed by atoms with E-state index in [9.17, 15) is 5.11 Å². The molecule has 3 aromatic rings. The summed E-state index contributed by atoms with van der Waals surface area (Å²) in [5, 5.41) is 17.1. The fourth-order valence-electron chi connectivity index (χ4n) is 3.89. The van der Waals surface area contributed by atoms with Crippen molar-refractivity contribution < 1.29 is 5.11 Å². The smallest absolute Gasteiger partial charge is 0.0728 e. The van der Waals surface area contributed by atoms with E-state index in [0.717, 1.165) is 32.4 Å². The number of benzene rings is 3. The van der Waals surface area contributed by atoms with Crippen LogP contribution in [0.4, 0.5) is 0 Å². The number of hydrogen-bond donors (Lipinski definition) is 2. The van der Waals surface area contributed by atoms with E-state index >= 15 is 0 Å². The minimum atomic E-state index is -0.563. The SMILES string of the molecule is Cl.OC1(C(CNCc2ccccc2)c2ccc3ccccc3c2)CCC1. The van der Waals surface area contributed by atoms with E-state index in [2.05, 4.69) is 72.0 Å². The lowest BCUT2D eigenvalue weighted by Crippen LogP contribution is -2.46. The summed E-state index contributed by atoms with van der Waals surface area (Å²) in [6, 6.07) is 25.5. The molecule has 0 heterocycles. The van der Waals surface area contributed by atoms with Crippen molar-refractivity contribution >= 4 is 23.2 Å². The first kappa shape index (κ1) is 18.9. The Morgan fingerprint density at radius 3 is 2.27 bits per heavy atom. The fourth-order valence-corrected chi connectivity index (χ4v) is 3.89. The molecule has 0 spiro atoms. The Labute approximate surface area is 161 Å². The van der Waals surface area contributed by atoms with Crippen LogP contribution in [0.15, 0.2) is 72.8 Å². The van der Waals surface area contributed by atoms with Crippen LogP contribution in [0, 0.1) is 0 Å². The summed E-state index contributed by atoms with van der Waals surface area (Å²) in [5.41, 5.74) is 1.95. The van der Waals surface area contributed by atoms with Crippen molar-refractivity contribution in [3.05, 3.63) is 83.9 Å². The van der Waals surface area contributed by atoms with Crippen LogP contribution in [-0.4, -0.2) is 17.3 Å². The minimum absolute atomic E-state index is 0. The molecule has 2 N–H and O–H groups in total. The van der Waals surface area contributed by atoms with E-state index in [1.165, 1.54) is 21.9 Å². The molecular formula is C23H26ClNO. The highest BCUT2D eigenvalue weighted by atomic mass is 35.5. The molecule has 0 bridgehead atoms. The predicted octanol–water partition coefficient (Wildman–Crippen LogP) is 5.05. The molecule has 0 aliphatic heterocycles. The van der Waals surface area contributed by atoms with Gasteiger partial charge in [-0.25, -0.2) is 0 Å². The molecule has 3 aromatic carbocycles. The largest absolute Gasteiger partial charge is 0.389 e. The van der Waals surface area contributed by atoms with Gasteiger partial charge < -0.3 is 10.4 Å². The maximum absolute atomic E-state index is 11.1. The second-order valence-corrected chi connectivity index (χ2v) is 7.23. The summed E-state index contributed by atoms with van der Waals surface area (Å²) in [4.78, 5) is 0. The van der Waals surface area contributed by atoms with Crippen molar-refractivity contribution in [3.8, 4) is 0 Å². The molecule has 1 atom stereocenters. The van der Waals surface area contributed by atoms with Crippen LogP contribution in [-0.2, 0) is 6.54 Å². The summed E-state index contributed by atoms with van der Waals surface area (Å²) < 4.78 is 0. The molecule has 1 aliphatic carbocycles. The molecular weight excluding hydrogens is 342 g/mol. The van der Waals surface area contributed by atoms with Crippen molar-refractivity contribution in [1.82, 2.24) is 5.32 Å². The third kappa shape index (κ3) is 3.93. The van der Waals surface area contributed by atoms with Gasteiger partial charge in [-0.05, 0) is 41.2 Å². The second kappa shape index (κ2) is 8.22. The summed E-state index contributed by atoms with van der Waals surface area (Å²) in [6.45, 7) is 1.63. The van der Waals surface area contributed by atoms with Gasteiger partial charge in [-0.1, -0.05) is 72.8 Å². The van der Waals surface area contributed by atoms with E-state index < -0.39 is 5.60 Å². The maximum atomic E-state index is 11.1. The van der Waals surface area contributed by atoms with Crippen molar-refractivity contribution in [2.45, 2.75) is 37.3 Å². The lowest BCUT2D eigenvalue weighted by atomic mass is 9.68. The second-order valence-electron chi connectivity index (χ2n) is 7.23. The number of hydrogen-bond acceptors (Lipinski definition) is 2. The number of rotatable bonds is 6. The topological polar surface area (TPSA) is 32.3 Å². The lowest BCUT2D eigenvalue weighted by Gasteiger charge is -2.44. The van der Waals surface area contributed by atoms with Crippen molar-refractivity contribution in [1.29, 1.82) is 0 Å². The number of halogens is 1. The standard InChI is InChI=1S/C23H25NO.ClH/c25-23(13-6-14-23)22(17-24-16-18-7-2-1-3-8-18)21-12-11-19-9-4-5-10-20(19)15-21;/h1-5,7-12,15,22,24-25H,6,13-14,16-17H2;1H. The summed E-state index contributed by atoms with van der Waals surface area (Å²) >= 11 is 0. The minimum Gasteiger partial charge on any atom is -0.389 e. The highest BCUT2D eigenvalue weighted by Gasteiger charge is 2.42. The van der Waals surface area contributed by atoms with Gasteiger partial charge in [-0.3, -0.25) is 0 Å². The van der Waals surface area contributed by atoms with E-state index in [4.69, 9.17) is 0 Å². The number of aliphatic hydroxyl groups is 1. The Balaban J connectivity index is 0.00000196. The third-order valence-corrected chi connectivity index (χ3v) is 5.56. The Morgan fingerprint density at radius 1 is 0.885 bits per heavy atom. The van der Waals surface area contributed by atoms with Crippen molar-refractivity contribution in [2.24, 2.45) is 0 Å². The average molecular weight is 368 g/mol. The molecule has 3 heteroatoms. The van der Waals surface area contributed by atoms with Crippen LogP contribution in [0.25, 0.3) is 10.8 Å². The van der Waals surface area contributed by atoms with Gasteiger partial charge in [0, 0.05) is 19.0 Å². The first-order chi connectivity index (χ1) is 12.2. The van der Waals surface area contributed by atoms with Gasteiger partial charge >= 0.3 is 0 Å². The van der Waals surface area contributed by atoms with Gasteiger partial charge in [0.2, 0.25) is 0 Å². The molecule has 1 aliphatic rings. The molecule has 1 unspecified atom stereocenters. The van der Waals surface area contributed by atoms with Crippen LogP contribution in [0.2, 0.25) is 0 Å². The Kier molecular flexibility index (Phi) is 5.98. The van der Waals surface area contributed by atoms with Gasteiger partial charge in [0.05, 0.1) is 5.60 Å². The Bertz CT molecular complexity index is 845. The molecule has 0 aromatic heterocycles. The van der Waals surface area contributed by atoms with Crippen LogP contribution in [0.3, 0.4) is 0 Å². The summed E-state index contributed by atoms with van der Waals surface area (Å²) in [5.74, 6) is 0.134. The Morgan fingerprint density at radius 2 is 1.58 bits per heavy atom. The van der Waals surface area contributed by atoms with Gasteiger partial charge in [0.1, 0.15) is 0 Å². The summed E-state index contributed by atoms with van der Waals surface area (Å²) in [7, 11) is 0. The zero-order chi connectivity index (χ0) is 17.1. The molecule has 136 valence electrons. The van der Waals surface area contributed by atoms with Gasteiger partial charge in [0.25, 0.3) is 0 Å². The van der Waals surface area contributed by atoms with Crippen LogP contribution < -0.4 is 5.32 Å². The van der Waals surface area contributed by atoms with E-state index in [0.29, 0.717) is 0 Å². The zero-order valence-corrected chi connectivity index (χ0v) is 15.7. The molecule has 4 rings (SSSR count). The normalized spacial score (nSPS) is 16.5. The lowest BCUT2D eigenvalue weighted by molar-refractivity contribution is -0.0569. The molecule has 1 saturated carbocycles. The molecule has 1 fully saturated rings. The molecule has 26 heavy (non-hydrogen) atoms. The maximum Gasteiger partial charge on any atom is 0.0728 e. The fraction of sp³-hybridized carbons (Fsp3) is 0.304. The third-order valence-electron chi connectivity index (χ3n) is 5.56. The van der Waals surface area contributed by atoms with Gasteiger partial charge in [-0.2, -0.15) is 0 Å². The van der Waals surface area contributed by atoms with E-state index in [-0.39, 0.29) is 18.3 Å². The van der Waals surface area contributed by atoms with Crippen molar-refractivity contribution in [3.63, 3.8) is 0 Å². The van der Waals surface area contributed by atoms with E-state index in [1.807, 2.05) is 6.07 Å². The molecule has 2 nitrogen and oxygen atoms in total. The van der Waals surface area contributed by atoms with Crippen LogP contribution in [0.5, 0.6) is 0 Å². The van der Waals surface area contributed by atoms with Crippen LogP contribution >= 0.6 is 12.4 Å². The quantitative estimate of drug-likeness (QED) is 0.639. The Hall–Kier alpha value is -1.87. The highest BCUT2D eigenvalue weighted by molar-refractivity contribution is 5.85. The van der Waals surface area contributed by atoms with E-state index in [1.54, 1.807) is 0 Å². The summed E-state index contributed by atoms with van der Waals surface area (Å²) in [6.07, 6.45) is 2.92. The van der Waals surface area contributed by atoms with Crippen LogP contribution in [0.1, 0.15) is 36.3 Å². The first-order valence-electron chi connectivity index (χ1n) is 9.20. The van der Waals surface area contributed by atoms with Gasteiger partial charge in [0.15, 0.2) is 0 Å². The predicted molar refractivity (Wildman–Crippen MR) is 111 cm³/mol.